The molecule has 2 aromatic rings. The minimum absolute atomic E-state index is 0.0931. The zero-order valence-corrected chi connectivity index (χ0v) is 12.9. The number of thiazole rings is 1. The Morgan fingerprint density at radius 2 is 2.10 bits per heavy atom. The van der Waals surface area contributed by atoms with Crippen LogP contribution in [0.15, 0.2) is 24.3 Å². The number of amides is 1. The van der Waals surface area contributed by atoms with Gasteiger partial charge in [-0.2, -0.15) is 0 Å². The van der Waals surface area contributed by atoms with Gasteiger partial charge in [-0.05, 0) is 49.9 Å². The van der Waals surface area contributed by atoms with E-state index in [4.69, 9.17) is 0 Å². The predicted molar refractivity (Wildman–Crippen MR) is 87.3 cm³/mol. The van der Waals surface area contributed by atoms with Crippen molar-refractivity contribution in [1.29, 1.82) is 0 Å². The first-order chi connectivity index (χ1) is 10.3. The molecule has 0 atom stereocenters. The Bertz CT molecular complexity index is 612. The van der Waals surface area contributed by atoms with E-state index >= 15 is 0 Å². The van der Waals surface area contributed by atoms with Crippen molar-refractivity contribution in [2.45, 2.75) is 32.6 Å². The molecule has 1 aromatic carbocycles. The second-order valence-electron chi connectivity index (χ2n) is 5.20. The number of benzene rings is 1. The molecule has 3 rings (SSSR count). The molecular formula is C16H19N3OS. The third-order valence-electron chi connectivity index (χ3n) is 3.54. The SMILES string of the molecule is CCCNc1ccc(C(=O)Nc2nc3c(s2)CCC3)cc1. The fourth-order valence-corrected chi connectivity index (χ4v) is 3.47. The fraction of sp³-hybridized carbons (Fsp3) is 0.375. The van der Waals surface area contributed by atoms with Gasteiger partial charge in [-0.15, -0.1) is 11.3 Å². The summed E-state index contributed by atoms with van der Waals surface area (Å²) in [6.45, 7) is 3.07. The highest BCUT2D eigenvalue weighted by molar-refractivity contribution is 7.15. The molecule has 5 heteroatoms. The van der Waals surface area contributed by atoms with Gasteiger partial charge in [0.2, 0.25) is 0 Å². The highest BCUT2D eigenvalue weighted by atomic mass is 32.1. The number of aromatic nitrogens is 1. The average molecular weight is 301 g/mol. The lowest BCUT2D eigenvalue weighted by Gasteiger charge is -2.06. The van der Waals surface area contributed by atoms with Crippen molar-refractivity contribution >= 4 is 28.1 Å². The van der Waals surface area contributed by atoms with Crippen LogP contribution in [0.5, 0.6) is 0 Å². The topological polar surface area (TPSA) is 54.0 Å². The molecule has 2 N–H and O–H groups in total. The largest absolute Gasteiger partial charge is 0.385 e. The minimum Gasteiger partial charge on any atom is -0.385 e. The molecule has 1 heterocycles. The van der Waals surface area contributed by atoms with Crippen molar-refractivity contribution in [3.05, 3.63) is 40.4 Å². The lowest BCUT2D eigenvalue weighted by molar-refractivity contribution is 0.102. The third-order valence-corrected chi connectivity index (χ3v) is 4.62. The third kappa shape index (κ3) is 3.24. The summed E-state index contributed by atoms with van der Waals surface area (Å²) in [5.74, 6) is -0.0931. The Balaban J connectivity index is 1.64. The molecule has 4 nitrogen and oxygen atoms in total. The van der Waals surface area contributed by atoms with Crippen molar-refractivity contribution in [2.75, 3.05) is 17.2 Å². The number of fused-ring (bicyclic) bond motifs is 1. The van der Waals surface area contributed by atoms with Crippen LogP contribution in [0, 0.1) is 0 Å². The van der Waals surface area contributed by atoms with Crippen LogP contribution in [0.4, 0.5) is 10.8 Å². The summed E-state index contributed by atoms with van der Waals surface area (Å²) in [4.78, 5) is 18.0. The molecular weight excluding hydrogens is 282 g/mol. The van der Waals surface area contributed by atoms with E-state index in [2.05, 4.69) is 22.5 Å². The molecule has 0 radical (unpaired) electrons. The van der Waals surface area contributed by atoms with Crippen LogP contribution in [-0.2, 0) is 12.8 Å². The Kier molecular flexibility index (Phi) is 4.20. The van der Waals surface area contributed by atoms with E-state index in [1.807, 2.05) is 24.3 Å². The van der Waals surface area contributed by atoms with Crippen LogP contribution >= 0.6 is 11.3 Å². The second-order valence-corrected chi connectivity index (χ2v) is 6.28. The number of hydrogen-bond donors (Lipinski definition) is 2. The Hall–Kier alpha value is -1.88. The molecule has 0 saturated carbocycles. The fourth-order valence-electron chi connectivity index (χ4n) is 2.42. The van der Waals surface area contributed by atoms with Gasteiger partial charge in [0.25, 0.3) is 5.91 Å². The van der Waals surface area contributed by atoms with Crippen molar-refractivity contribution in [1.82, 2.24) is 4.98 Å². The van der Waals surface area contributed by atoms with E-state index in [1.54, 1.807) is 11.3 Å². The molecule has 1 aliphatic carbocycles. The zero-order chi connectivity index (χ0) is 14.7. The standard InChI is InChI=1S/C16H19N3OS/c1-2-10-17-12-8-6-11(7-9-12)15(20)19-16-18-13-4-3-5-14(13)21-16/h6-9,17H,2-5,10H2,1H3,(H,18,19,20). The van der Waals surface area contributed by atoms with Gasteiger partial charge in [0.05, 0.1) is 5.69 Å². The van der Waals surface area contributed by atoms with E-state index in [0.717, 1.165) is 42.3 Å². The van der Waals surface area contributed by atoms with Crippen LogP contribution < -0.4 is 10.6 Å². The number of rotatable bonds is 5. The summed E-state index contributed by atoms with van der Waals surface area (Å²) in [7, 11) is 0. The van der Waals surface area contributed by atoms with Gasteiger partial charge in [-0.3, -0.25) is 10.1 Å². The number of aryl methyl sites for hydroxylation is 2. The molecule has 0 aliphatic heterocycles. The average Bonchev–Trinajstić information content (AvgIpc) is 3.06. The minimum atomic E-state index is -0.0931. The van der Waals surface area contributed by atoms with E-state index < -0.39 is 0 Å². The monoisotopic (exact) mass is 301 g/mol. The van der Waals surface area contributed by atoms with Gasteiger partial charge in [-0.25, -0.2) is 4.98 Å². The molecule has 0 unspecified atom stereocenters. The second kappa shape index (κ2) is 6.26. The van der Waals surface area contributed by atoms with Gasteiger partial charge in [-0.1, -0.05) is 6.92 Å². The van der Waals surface area contributed by atoms with E-state index in [9.17, 15) is 4.79 Å². The Morgan fingerprint density at radius 1 is 1.29 bits per heavy atom. The lowest BCUT2D eigenvalue weighted by atomic mass is 10.2. The summed E-state index contributed by atoms with van der Waals surface area (Å²) in [5, 5.41) is 6.91. The molecule has 21 heavy (non-hydrogen) atoms. The molecule has 0 saturated heterocycles. The van der Waals surface area contributed by atoms with Gasteiger partial charge < -0.3 is 5.32 Å². The predicted octanol–water partition coefficient (Wildman–Crippen LogP) is 3.71. The summed E-state index contributed by atoms with van der Waals surface area (Å²) >= 11 is 1.60. The van der Waals surface area contributed by atoms with Crippen LogP contribution in [0.25, 0.3) is 0 Å². The first-order valence-electron chi connectivity index (χ1n) is 7.40. The number of carbonyl (C=O) groups is 1. The number of anilines is 2. The molecule has 1 aromatic heterocycles. The maximum absolute atomic E-state index is 12.2. The normalized spacial score (nSPS) is 13.0. The van der Waals surface area contributed by atoms with Gasteiger partial charge in [0, 0.05) is 22.7 Å². The van der Waals surface area contributed by atoms with Crippen molar-refractivity contribution in [2.24, 2.45) is 0 Å². The number of nitrogens with zero attached hydrogens (tertiary/aromatic N) is 1. The van der Waals surface area contributed by atoms with Gasteiger partial charge in [0.15, 0.2) is 5.13 Å². The summed E-state index contributed by atoms with van der Waals surface area (Å²) in [6.07, 6.45) is 4.41. The summed E-state index contributed by atoms with van der Waals surface area (Å²) in [5.41, 5.74) is 2.86. The number of hydrogen-bond acceptors (Lipinski definition) is 4. The molecule has 0 bridgehead atoms. The molecule has 110 valence electrons. The molecule has 0 spiro atoms. The molecule has 1 aliphatic rings. The first-order valence-corrected chi connectivity index (χ1v) is 8.22. The molecule has 0 fully saturated rings. The van der Waals surface area contributed by atoms with E-state index in [-0.39, 0.29) is 5.91 Å². The number of carbonyl (C=O) groups excluding carboxylic acids is 1. The van der Waals surface area contributed by atoms with E-state index in [1.165, 1.54) is 11.3 Å². The summed E-state index contributed by atoms with van der Waals surface area (Å²) < 4.78 is 0. The first kappa shape index (κ1) is 14.1. The van der Waals surface area contributed by atoms with Crippen LogP contribution in [0.1, 0.15) is 40.7 Å². The van der Waals surface area contributed by atoms with Crippen LogP contribution in [-0.4, -0.2) is 17.4 Å². The maximum Gasteiger partial charge on any atom is 0.257 e. The smallest absolute Gasteiger partial charge is 0.257 e. The molecule has 1 amide bonds. The van der Waals surface area contributed by atoms with Gasteiger partial charge >= 0.3 is 0 Å². The highest BCUT2D eigenvalue weighted by Gasteiger charge is 2.18. The Labute approximate surface area is 128 Å². The lowest BCUT2D eigenvalue weighted by Crippen LogP contribution is -2.11. The Morgan fingerprint density at radius 3 is 2.81 bits per heavy atom. The van der Waals surface area contributed by atoms with Crippen molar-refractivity contribution < 1.29 is 4.79 Å². The summed E-state index contributed by atoms with van der Waals surface area (Å²) in [6, 6.07) is 7.56. The number of nitrogens with one attached hydrogen (secondary N) is 2. The maximum atomic E-state index is 12.2. The van der Waals surface area contributed by atoms with Crippen LogP contribution in [0.3, 0.4) is 0 Å². The van der Waals surface area contributed by atoms with Gasteiger partial charge in [0.1, 0.15) is 0 Å². The zero-order valence-electron chi connectivity index (χ0n) is 12.1. The quantitative estimate of drug-likeness (QED) is 0.885. The van der Waals surface area contributed by atoms with E-state index in [0.29, 0.717) is 5.56 Å². The highest BCUT2D eigenvalue weighted by Crippen LogP contribution is 2.30. The van der Waals surface area contributed by atoms with Crippen molar-refractivity contribution in [3.8, 4) is 0 Å². The van der Waals surface area contributed by atoms with Crippen LogP contribution in [0.2, 0.25) is 0 Å². The van der Waals surface area contributed by atoms with Crippen molar-refractivity contribution in [3.63, 3.8) is 0 Å².